The molecule has 0 saturated carbocycles. The van der Waals surface area contributed by atoms with Crippen molar-refractivity contribution in [3.05, 3.63) is 87.4 Å². The Hall–Kier alpha value is -2.98. The van der Waals surface area contributed by atoms with Crippen LogP contribution in [0.1, 0.15) is 45.6 Å². The summed E-state index contributed by atoms with van der Waals surface area (Å²) in [6.07, 6.45) is 1.94. The van der Waals surface area contributed by atoms with Gasteiger partial charge in [0.15, 0.2) is 0 Å². The highest BCUT2D eigenvalue weighted by molar-refractivity contribution is 7.92. The third-order valence-corrected chi connectivity index (χ3v) is 9.47. The molecule has 0 unspecified atom stereocenters. The van der Waals surface area contributed by atoms with E-state index in [9.17, 15) is 18.0 Å². The first-order chi connectivity index (χ1) is 20.5. The summed E-state index contributed by atoms with van der Waals surface area (Å²) in [5.74, 6) is -0.410. The number of hydrogen-bond acceptors (Lipinski definition) is 5. The molecule has 3 rings (SSSR count). The van der Waals surface area contributed by atoms with Gasteiger partial charge in [0.25, 0.3) is 10.0 Å². The van der Waals surface area contributed by atoms with Crippen LogP contribution in [0.25, 0.3) is 0 Å². The second-order valence-corrected chi connectivity index (χ2v) is 12.8. The fourth-order valence-electron chi connectivity index (χ4n) is 4.42. The number of nitrogens with zero attached hydrogens (tertiary/aromatic N) is 2. The zero-order chi connectivity index (χ0) is 31.6. The zero-order valence-corrected chi connectivity index (χ0v) is 27.4. The van der Waals surface area contributed by atoms with Crippen LogP contribution in [-0.4, -0.2) is 50.9 Å². The molecule has 0 fully saturated rings. The van der Waals surface area contributed by atoms with E-state index in [2.05, 4.69) is 5.32 Å². The maximum atomic E-state index is 14.2. The molecule has 0 aliphatic rings. The molecule has 0 aliphatic heterocycles. The Balaban J connectivity index is 2.08. The van der Waals surface area contributed by atoms with E-state index in [4.69, 9.17) is 39.5 Å². The number of amides is 2. The van der Waals surface area contributed by atoms with Gasteiger partial charge in [-0.3, -0.25) is 13.9 Å². The molecule has 0 aromatic heterocycles. The predicted molar refractivity (Wildman–Crippen MR) is 173 cm³/mol. The lowest BCUT2D eigenvalue weighted by molar-refractivity contribution is -0.140. The first-order valence-electron chi connectivity index (χ1n) is 14.0. The number of halogens is 3. The minimum absolute atomic E-state index is 0.0522. The topological polar surface area (TPSA) is 96.0 Å². The van der Waals surface area contributed by atoms with Gasteiger partial charge in [-0.1, -0.05) is 61.1 Å². The van der Waals surface area contributed by atoms with Gasteiger partial charge in [0, 0.05) is 33.7 Å². The van der Waals surface area contributed by atoms with Crippen LogP contribution >= 0.6 is 34.8 Å². The minimum Gasteiger partial charge on any atom is -0.494 e. The number of benzene rings is 3. The quantitative estimate of drug-likeness (QED) is 0.177. The first-order valence-corrected chi connectivity index (χ1v) is 16.6. The van der Waals surface area contributed by atoms with Crippen molar-refractivity contribution in [2.24, 2.45) is 0 Å². The number of sulfonamides is 1. The van der Waals surface area contributed by atoms with Crippen molar-refractivity contribution in [2.45, 2.75) is 57.5 Å². The molecule has 0 saturated heterocycles. The molecule has 232 valence electrons. The van der Waals surface area contributed by atoms with Crippen LogP contribution in [0.15, 0.2) is 71.6 Å². The minimum atomic E-state index is -4.25. The summed E-state index contributed by atoms with van der Waals surface area (Å²) in [6.45, 7) is 5.82. The molecule has 3 aromatic rings. The molecule has 3 aromatic carbocycles. The molecule has 0 aliphatic carbocycles. The second kappa shape index (κ2) is 16.2. The number of unbranched alkanes of at least 4 members (excludes halogenated alkanes) is 1. The van der Waals surface area contributed by atoms with Crippen LogP contribution in [0.4, 0.5) is 5.69 Å². The highest BCUT2D eigenvalue weighted by Gasteiger charge is 2.34. The molecule has 12 heteroatoms. The first kappa shape index (κ1) is 34.5. The van der Waals surface area contributed by atoms with Crippen molar-refractivity contribution in [2.75, 3.05) is 24.0 Å². The Morgan fingerprint density at radius 1 is 0.907 bits per heavy atom. The van der Waals surface area contributed by atoms with Gasteiger partial charge in [-0.25, -0.2) is 8.42 Å². The van der Waals surface area contributed by atoms with E-state index < -0.39 is 28.5 Å². The van der Waals surface area contributed by atoms with Crippen molar-refractivity contribution >= 4 is 62.3 Å². The van der Waals surface area contributed by atoms with Crippen LogP contribution < -0.4 is 14.4 Å². The summed E-state index contributed by atoms with van der Waals surface area (Å²) in [4.78, 5) is 28.8. The predicted octanol–water partition coefficient (Wildman–Crippen LogP) is 6.96. The van der Waals surface area contributed by atoms with Crippen molar-refractivity contribution < 1.29 is 22.7 Å². The molecular formula is C31H36Cl3N3O5S. The SMILES string of the molecule is CCCCNC(=O)[C@H](CC)N(Cc1c(Cl)cccc1Cl)C(=O)CN(c1ccc(OCC)cc1)S(=O)(=O)c1ccc(Cl)cc1. The summed E-state index contributed by atoms with van der Waals surface area (Å²) < 4.78 is 34.5. The van der Waals surface area contributed by atoms with Gasteiger partial charge in [0.2, 0.25) is 11.8 Å². The fraction of sp³-hybridized carbons (Fsp3) is 0.355. The summed E-state index contributed by atoms with van der Waals surface area (Å²) in [6, 6.07) is 16.1. The standard InChI is InChI=1S/C31H36Cl3N3O5S/c1-4-7-19-35-31(39)29(5-2)36(20-26-27(33)9-8-10-28(26)34)30(38)21-37(23-13-15-24(16-14-23)42-6-3)43(40,41)25-17-11-22(32)12-18-25/h8-18,29H,4-7,19-21H2,1-3H3,(H,35,39)/t29-/m0/s1. The molecule has 2 amide bonds. The highest BCUT2D eigenvalue weighted by atomic mass is 35.5. The maximum Gasteiger partial charge on any atom is 0.264 e. The van der Waals surface area contributed by atoms with Gasteiger partial charge in [0.1, 0.15) is 18.3 Å². The zero-order valence-electron chi connectivity index (χ0n) is 24.4. The van der Waals surface area contributed by atoms with Gasteiger partial charge in [-0.15, -0.1) is 0 Å². The van der Waals surface area contributed by atoms with Gasteiger partial charge in [0.05, 0.1) is 17.2 Å². The van der Waals surface area contributed by atoms with Crippen molar-refractivity contribution in [1.29, 1.82) is 0 Å². The monoisotopic (exact) mass is 667 g/mol. The summed E-state index contributed by atoms with van der Waals surface area (Å²) >= 11 is 18.9. The second-order valence-electron chi connectivity index (χ2n) is 9.68. The third-order valence-electron chi connectivity index (χ3n) is 6.72. The third kappa shape index (κ3) is 9.01. The van der Waals surface area contributed by atoms with Crippen molar-refractivity contribution in [1.82, 2.24) is 10.2 Å². The molecule has 0 radical (unpaired) electrons. The van der Waals surface area contributed by atoms with E-state index in [1.54, 1.807) is 49.4 Å². The number of anilines is 1. The smallest absolute Gasteiger partial charge is 0.264 e. The summed E-state index contributed by atoms with van der Waals surface area (Å²) in [7, 11) is -4.25. The number of carbonyl (C=O) groups is 2. The Kier molecular flexibility index (Phi) is 13.0. The van der Waals surface area contributed by atoms with E-state index in [1.807, 2.05) is 13.8 Å². The average molecular weight is 669 g/mol. The normalized spacial score (nSPS) is 12.0. The lowest BCUT2D eigenvalue weighted by Crippen LogP contribution is -2.52. The number of rotatable bonds is 15. The highest BCUT2D eigenvalue weighted by Crippen LogP contribution is 2.30. The van der Waals surface area contributed by atoms with E-state index >= 15 is 0 Å². The van der Waals surface area contributed by atoms with Gasteiger partial charge >= 0.3 is 0 Å². The Morgan fingerprint density at radius 2 is 1.53 bits per heavy atom. The molecule has 0 bridgehead atoms. The van der Waals surface area contributed by atoms with Crippen LogP contribution in [0.3, 0.4) is 0 Å². The number of hydrogen-bond donors (Lipinski definition) is 1. The Labute approximate surface area is 268 Å². The largest absolute Gasteiger partial charge is 0.494 e. The molecule has 0 spiro atoms. The summed E-state index contributed by atoms with van der Waals surface area (Å²) in [5.41, 5.74) is 0.690. The van der Waals surface area contributed by atoms with E-state index in [-0.39, 0.29) is 29.5 Å². The van der Waals surface area contributed by atoms with Gasteiger partial charge < -0.3 is 15.0 Å². The van der Waals surface area contributed by atoms with Crippen LogP contribution in [0.5, 0.6) is 5.75 Å². The maximum absolute atomic E-state index is 14.2. The Bertz CT molecular complexity index is 1470. The molecular weight excluding hydrogens is 633 g/mol. The molecule has 8 nitrogen and oxygen atoms in total. The number of ether oxygens (including phenoxy) is 1. The van der Waals surface area contributed by atoms with Crippen LogP contribution in [-0.2, 0) is 26.2 Å². The number of carbonyl (C=O) groups excluding carboxylic acids is 2. The molecule has 43 heavy (non-hydrogen) atoms. The van der Waals surface area contributed by atoms with Crippen molar-refractivity contribution in [3.63, 3.8) is 0 Å². The number of nitrogens with one attached hydrogen (secondary N) is 1. The lowest BCUT2D eigenvalue weighted by atomic mass is 10.1. The van der Waals surface area contributed by atoms with Crippen LogP contribution in [0.2, 0.25) is 15.1 Å². The molecule has 1 atom stereocenters. The van der Waals surface area contributed by atoms with Gasteiger partial charge in [-0.2, -0.15) is 0 Å². The van der Waals surface area contributed by atoms with Crippen LogP contribution in [0, 0.1) is 0 Å². The fourth-order valence-corrected chi connectivity index (χ4v) is 6.47. The van der Waals surface area contributed by atoms with E-state index in [0.29, 0.717) is 39.5 Å². The Morgan fingerprint density at radius 3 is 2.09 bits per heavy atom. The van der Waals surface area contributed by atoms with E-state index in [1.165, 1.54) is 29.2 Å². The molecule has 1 N–H and O–H groups in total. The average Bonchev–Trinajstić information content (AvgIpc) is 2.98. The van der Waals surface area contributed by atoms with Gasteiger partial charge in [-0.05, 0) is 80.4 Å². The molecule has 0 heterocycles. The van der Waals surface area contributed by atoms with E-state index in [0.717, 1.165) is 17.1 Å². The summed E-state index contributed by atoms with van der Waals surface area (Å²) in [5, 5.41) is 3.90. The lowest BCUT2D eigenvalue weighted by Gasteiger charge is -2.33. The van der Waals surface area contributed by atoms with Crippen molar-refractivity contribution in [3.8, 4) is 5.75 Å².